The lowest BCUT2D eigenvalue weighted by Crippen LogP contribution is -2.17. The van der Waals surface area contributed by atoms with Crippen molar-refractivity contribution >= 4 is 0 Å². The first-order valence-electron chi connectivity index (χ1n) is 4.66. The molecule has 0 spiro atoms. The van der Waals surface area contributed by atoms with Crippen LogP contribution in [0.15, 0.2) is 18.2 Å². The summed E-state index contributed by atoms with van der Waals surface area (Å²) in [4.78, 5) is 0. The molecule has 0 aliphatic heterocycles. The van der Waals surface area contributed by atoms with Crippen molar-refractivity contribution in [2.24, 2.45) is 0 Å². The molecule has 1 aromatic carbocycles. The normalized spacial score (nSPS) is 11.9. The van der Waals surface area contributed by atoms with Gasteiger partial charge in [0.15, 0.2) is 0 Å². The van der Waals surface area contributed by atoms with E-state index in [0.717, 1.165) is 5.56 Å². The van der Waals surface area contributed by atoms with E-state index in [1.54, 1.807) is 19.1 Å². The van der Waals surface area contributed by atoms with Crippen LogP contribution in [0.4, 0.5) is 13.2 Å². The van der Waals surface area contributed by atoms with Gasteiger partial charge in [0.2, 0.25) is 0 Å². The Bertz CT molecular complexity index is 342. The molecule has 0 unspecified atom stereocenters. The molecule has 0 bridgehead atoms. The Morgan fingerprint density at radius 1 is 1.20 bits per heavy atom. The highest BCUT2D eigenvalue weighted by Gasteiger charge is 2.31. The van der Waals surface area contributed by atoms with Crippen LogP contribution in [0.5, 0.6) is 5.75 Å². The van der Waals surface area contributed by atoms with Crippen LogP contribution >= 0.6 is 0 Å². The summed E-state index contributed by atoms with van der Waals surface area (Å²) in [6, 6.07) is 4.72. The number of ether oxygens (including phenoxy) is 1. The van der Waals surface area contributed by atoms with E-state index in [1.807, 2.05) is 13.8 Å². The van der Waals surface area contributed by atoms with Crippen LogP contribution in [0.1, 0.15) is 30.9 Å². The highest BCUT2D eigenvalue weighted by Crippen LogP contribution is 2.28. The second kappa shape index (κ2) is 4.13. The maximum Gasteiger partial charge on any atom is 0.573 e. The lowest BCUT2D eigenvalue weighted by molar-refractivity contribution is -0.274. The second-order valence-electron chi connectivity index (χ2n) is 3.73. The van der Waals surface area contributed by atoms with Crippen LogP contribution in [0, 0.1) is 6.92 Å². The van der Waals surface area contributed by atoms with Gasteiger partial charge in [-0.2, -0.15) is 0 Å². The van der Waals surface area contributed by atoms with Gasteiger partial charge in [-0.3, -0.25) is 0 Å². The molecule has 0 aliphatic carbocycles. The number of rotatable bonds is 2. The van der Waals surface area contributed by atoms with E-state index in [9.17, 15) is 13.2 Å². The molecule has 0 aliphatic rings. The molecular formula is C11H13F3O. The van der Waals surface area contributed by atoms with Gasteiger partial charge in [0.05, 0.1) is 0 Å². The largest absolute Gasteiger partial charge is 0.573 e. The standard InChI is InChI=1S/C11H13F3O/c1-7(2)9-4-5-10(8(3)6-9)15-11(12,13)14/h4-7H,1-3H3. The molecule has 0 radical (unpaired) electrons. The van der Waals surface area contributed by atoms with Crippen molar-refractivity contribution in [1.82, 2.24) is 0 Å². The third-order valence-corrected chi connectivity index (χ3v) is 2.09. The first-order valence-corrected chi connectivity index (χ1v) is 4.66. The predicted octanol–water partition coefficient (Wildman–Crippen LogP) is 4.02. The van der Waals surface area contributed by atoms with Crippen LogP contribution in [0.3, 0.4) is 0 Å². The monoisotopic (exact) mass is 218 g/mol. The first kappa shape index (κ1) is 11.9. The third kappa shape index (κ3) is 3.46. The Hall–Kier alpha value is -1.19. The van der Waals surface area contributed by atoms with Gasteiger partial charge in [0.25, 0.3) is 0 Å². The van der Waals surface area contributed by atoms with E-state index < -0.39 is 6.36 Å². The molecule has 0 amide bonds. The van der Waals surface area contributed by atoms with Gasteiger partial charge in [-0.25, -0.2) is 0 Å². The summed E-state index contributed by atoms with van der Waals surface area (Å²) in [5, 5.41) is 0. The van der Waals surface area contributed by atoms with Gasteiger partial charge >= 0.3 is 6.36 Å². The molecule has 15 heavy (non-hydrogen) atoms. The van der Waals surface area contributed by atoms with Gasteiger partial charge in [0, 0.05) is 0 Å². The van der Waals surface area contributed by atoms with Gasteiger partial charge in [-0.05, 0) is 30.0 Å². The number of aryl methyl sites for hydroxylation is 1. The van der Waals surface area contributed by atoms with E-state index in [0.29, 0.717) is 11.5 Å². The minimum Gasteiger partial charge on any atom is -0.406 e. The molecule has 0 fully saturated rings. The Morgan fingerprint density at radius 2 is 1.80 bits per heavy atom. The molecule has 1 nitrogen and oxygen atoms in total. The fraction of sp³-hybridized carbons (Fsp3) is 0.455. The zero-order chi connectivity index (χ0) is 11.6. The topological polar surface area (TPSA) is 9.23 Å². The summed E-state index contributed by atoms with van der Waals surface area (Å²) in [6.07, 6.45) is -4.62. The van der Waals surface area contributed by atoms with Gasteiger partial charge in [-0.15, -0.1) is 13.2 Å². The zero-order valence-electron chi connectivity index (χ0n) is 8.85. The van der Waals surface area contributed by atoms with Crippen LogP contribution in [0.2, 0.25) is 0 Å². The number of halogens is 3. The van der Waals surface area contributed by atoms with Crippen molar-refractivity contribution in [3.8, 4) is 5.75 Å². The van der Waals surface area contributed by atoms with Crippen LogP contribution in [0.25, 0.3) is 0 Å². The molecule has 0 N–H and O–H groups in total. The lowest BCUT2D eigenvalue weighted by atomic mass is 10.0. The summed E-state index contributed by atoms with van der Waals surface area (Å²) in [5.41, 5.74) is 1.50. The quantitative estimate of drug-likeness (QED) is 0.728. The highest BCUT2D eigenvalue weighted by atomic mass is 19.4. The molecule has 0 atom stereocenters. The van der Waals surface area contributed by atoms with E-state index >= 15 is 0 Å². The van der Waals surface area contributed by atoms with E-state index in [1.165, 1.54) is 6.07 Å². The number of alkyl halides is 3. The average molecular weight is 218 g/mol. The number of benzene rings is 1. The van der Waals surface area contributed by atoms with Crippen molar-refractivity contribution in [3.63, 3.8) is 0 Å². The number of hydrogen-bond acceptors (Lipinski definition) is 1. The predicted molar refractivity (Wildman–Crippen MR) is 52.0 cm³/mol. The van der Waals surface area contributed by atoms with Crippen molar-refractivity contribution in [2.75, 3.05) is 0 Å². The molecular weight excluding hydrogens is 205 g/mol. The van der Waals surface area contributed by atoms with E-state index in [-0.39, 0.29) is 5.75 Å². The van der Waals surface area contributed by atoms with Gasteiger partial charge < -0.3 is 4.74 Å². The fourth-order valence-corrected chi connectivity index (χ4v) is 1.27. The maximum atomic E-state index is 12.0. The van der Waals surface area contributed by atoms with Crippen molar-refractivity contribution in [1.29, 1.82) is 0 Å². The zero-order valence-corrected chi connectivity index (χ0v) is 8.85. The molecule has 0 aromatic heterocycles. The van der Waals surface area contributed by atoms with E-state index in [4.69, 9.17) is 0 Å². The summed E-state index contributed by atoms with van der Waals surface area (Å²) in [7, 11) is 0. The molecule has 84 valence electrons. The Morgan fingerprint density at radius 3 is 2.20 bits per heavy atom. The molecule has 0 heterocycles. The van der Waals surface area contributed by atoms with E-state index in [2.05, 4.69) is 4.74 Å². The summed E-state index contributed by atoms with van der Waals surface area (Å²) < 4.78 is 39.7. The van der Waals surface area contributed by atoms with Gasteiger partial charge in [-0.1, -0.05) is 26.0 Å². The van der Waals surface area contributed by atoms with Crippen LogP contribution in [-0.2, 0) is 0 Å². The molecule has 1 aromatic rings. The summed E-state index contributed by atoms with van der Waals surface area (Å²) in [6.45, 7) is 5.57. The Kier molecular flexibility index (Phi) is 3.27. The smallest absolute Gasteiger partial charge is 0.406 e. The minimum atomic E-state index is -4.62. The molecule has 4 heteroatoms. The van der Waals surface area contributed by atoms with Gasteiger partial charge in [0.1, 0.15) is 5.75 Å². The maximum absolute atomic E-state index is 12.0. The highest BCUT2D eigenvalue weighted by molar-refractivity contribution is 5.37. The Labute approximate surface area is 86.9 Å². The number of hydrogen-bond donors (Lipinski definition) is 0. The molecule has 0 saturated heterocycles. The average Bonchev–Trinajstić information content (AvgIpc) is 2.05. The van der Waals surface area contributed by atoms with Crippen molar-refractivity contribution < 1.29 is 17.9 Å². The second-order valence-corrected chi connectivity index (χ2v) is 3.73. The third-order valence-electron chi connectivity index (χ3n) is 2.09. The summed E-state index contributed by atoms with van der Waals surface area (Å²) in [5.74, 6) is 0.163. The first-order chi connectivity index (χ1) is 6.79. The minimum absolute atomic E-state index is 0.132. The lowest BCUT2D eigenvalue weighted by Gasteiger charge is -2.13. The van der Waals surface area contributed by atoms with Crippen molar-refractivity contribution in [2.45, 2.75) is 33.1 Å². The molecule has 1 rings (SSSR count). The van der Waals surface area contributed by atoms with Crippen LogP contribution < -0.4 is 4.74 Å². The van der Waals surface area contributed by atoms with Crippen molar-refractivity contribution in [3.05, 3.63) is 29.3 Å². The van der Waals surface area contributed by atoms with Crippen LogP contribution in [-0.4, -0.2) is 6.36 Å². The fourth-order valence-electron chi connectivity index (χ4n) is 1.27. The summed E-state index contributed by atoms with van der Waals surface area (Å²) >= 11 is 0. The molecule has 0 saturated carbocycles. The SMILES string of the molecule is Cc1cc(C(C)C)ccc1OC(F)(F)F. The Balaban J connectivity index is 2.94.